The van der Waals surface area contributed by atoms with Crippen LogP contribution in [0.2, 0.25) is 0 Å². The van der Waals surface area contributed by atoms with Gasteiger partial charge in [-0.3, -0.25) is 0 Å². The molecule has 0 atom stereocenters. The molecule has 310 valence electrons. The largest absolute Gasteiger partial charge is 0.444 e. The summed E-state index contributed by atoms with van der Waals surface area (Å²) in [6.07, 6.45) is 0. The first-order chi connectivity index (χ1) is 33.3. The van der Waals surface area contributed by atoms with Gasteiger partial charge >= 0.3 is 13.7 Å². The fourth-order valence-electron chi connectivity index (χ4n) is 12.0. The lowest BCUT2D eigenvalue weighted by Gasteiger charge is -2.50. The molecule has 0 saturated carbocycles. The van der Waals surface area contributed by atoms with Gasteiger partial charge in [0.25, 0.3) is 0 Å². The Balaban J connectivity index is 1.07. The fraction of sp³-hybridized carbons (Fsp3) is 0. The van der Waals surface area contributed by atoms with Gasteiger partial charge in [-0.2, -0.15) is 0 Å². The molecule has 0 unspecified atom stereocenters. The quantitative estimate of drug-likeness (QED) is 0.155. The Morgan fingerprint density at radius 3 is 1.49 bits per heavy atom. The third-order valence-electron chi connectivity index (χ3n) is 14.5. The van der Waals surface area contributed by atoms with Crippen molar-refractivity contribution in [2.24, 2.45) is 0 Å². The highest BCUT2D eigenvalue weighted by Gasteiger charge is 2.52. The molecule has 4 nitrogen and oxygen atoms in total. The van der Waals surface area contributed by atoms with Crippen molar-refractivity contribution in [1.29, 1.82) is 0 Å². The molecular formula is C60H38B2N4S. The SMILES string of the molecule is c1ccc(N(c2ccccc2)c2cc3c4c(c2)-c2cccc5c2N(B4c2ccccc2S3)B2c3c-5cc(N(c4ccccc4)c4ccccc4)cc3-n3c4ccccc4c4cccc2c43)cc1. The number of anilines is 7. The summed E-state index contributed by atoms with van der Waals surface area (Å²) in [5.74, 6) is 0. The Morgan fingerprint density at radius 2 is 0.851 bits per heavy atom. The summed E-state index contributed by atoms with van der Waals surface area (Å²) in [6.45, 7) is -0.101. The first kappa shape index (κ1) is 37.1. The lowest BCUT2D eigenvalue weighted by molar-refractivity contribution is 1.17. The number of nitrogens with zero attached hydrogens (tertiary/aromatic N) is 4. The Kier molecular flexibility index (Phi) is 7.86. The smallest absolute Gasteiger partial charge is 0.316 e. The molecule has 67 heavy (non-hydrogen) atoms. The zero-order valence-electron chi connectivity index (χ0n) is 36.3. The van der Waals surface area contributed by atoms with Gasteiger partial charge in [-0.25, -0.2) is 0 Å². The second kappa shape index (κ2) is 14.2. The number of aromatic nitrogens is 1. The van der Waals surface area contributed by atoms with Crippen LogP contribution in [0.4, 0.5) is 39.8 Å². The summed E-state index contributed by atoms with van der Waals surface area (Å²) >= 11 is 1.92. The van der Waals surface area contributed by atoms with E-state index in [1.165, 1.54) is 87.1 Å². The summed E-state index contributed by atoms with van der Waals surface area (Å²) in [4.78, 5) is 7.46. The zero-order chi connectivity index (χ0) is 43.7. The predicted molar refractivity (Wildman–Crippen MR) is 284 cm³/mol. The Hall–Kier alpha value is -8.12. The van der Waals surface area contributed by atoms with Gasteiger partial charge in [0.15, 0.2) is 0 Å². The first-order valence-electron chi connectivity index (χ1n) is 23.2. The maximum absolute atomic E-state index is 2.84. The number of hydrogen-bond acceptors (Lipinski definition) is 4. The predicted octanol–water partition coefficient (Wildman–Crippen LogP) is 12.9. The van der Waals surface area contributed by atoms with Crippen LogP contribution in [-0.4, -0.2) is 18.3 Å². The van der Waals surface area contributed by atoms with Crippen molar-refractivity contribution in [2.45, 2.75) is 9.79 Å². The van der Waals surface area contributed by atoms with Gasteiger partial charge in [-0.05, 0) is 118 Å². The second-order valence-corrected chi connectivity index (χ2v) is 19.1. The van der Waals surface area contributed by atoms with Gasteiger partial charge in [0.05, 0.1) is 11.0 Å². The van der Waals surface area contributed by atoms with Crippen molar-refractivity contribution in [3.63, 3.8) is 0 Å². The van der Waals surface area contributed by atoms with E-state index in [9.17, 15) is 0 Å². The van der Waals surface area contributed by atoms with Crippen molar-refractivity contribution in [3.05, 3.63) is 231 Å². The van der Waals surface area contributed by atoms with Crippen molar-refractivity contribution >= 4 is 109 Å². The Labute approximate surface area is 394 Å². The summed E-state index contributed by atoms with van der Waals surface area (Å²) in [5.41, 5.74) is 22.4. The van der Waals surface area contributed by atoms with E-state index >= 15 is 0 Å². The van der Waals surface area contributed by atoms with E-state index < -0.39 is 0 Å². The molecule has 0 fully saturated rings. The summed E-state index contributed by atoms with van der Waals surface area (Å²) in [7, 11) is 0. The van der Waals surface area contributed by atoms with Gasteiger partial charge < -0.3 is 19.1 Å². The number of benzene rings is 10. The molecule has 4 aliphatic heterocycles. The Morgan fingerprint density at radius 1 is 0.358 bits per heavy atom. The van der Waals surface area contributed by atoms with E-state index in [1.54, 1.807) is 0 Å². The van der Waals surface area contributed by atoms with E-state index in [4.69, 9.17) is 0 Å². The molecule has 15 rings (SSSR count). The normalized spacial score (nSPS) is 13.2. The number of rotatable bonds is 6. The van der Waals surface area contributed by atoms with Gasteiger partial charge in [0, 0.05) is 77.2 Å². The standard InChI is InChI=1S/C60H38B2N4S/c1-5-19-39(20-6-1)63(40-21-7-2-8-22-40)43-35-49-47-28-17-29-48-50-36-44(64(41-23-9-3-10-24-41)42-25-11-4-12-26-42)38-56-58(50)61(51-31-14-16-34-55(51)67-56)66(59(47)48)62-52-32-18-30-46-45-27-13-15-33-53(45)65(60(46)52)54(37-43)57(49)62/h1-38H. The average molecular weight is 869 g/mol. The van der Waals surface area contributed by atoms with Crippen LogP contribution in [0.25, 0.3) is 49.7 Å². The van der Waals surface area contributed by atoms with Crippen LogP contribution >= 0.6 is 11.8 Å². The molecule has 7 heteroatoms. The van der Waals surface area contributed by atoms with Crippen LogP contribution < -0.4 is 36.4 Å². The van der Waals surface area contributed by atoms with E-state index in [1.807, 2.05) is 11.8 Å². The minimum atomic E-state index is -0.0675. The summed E-state index contributed by atoms with van der Waals surface area (Å²) < 4.78 is 5.43. The van der Waals surface area contributed by atoms with Crippen LogP contribution in [0.1, 0.15) is 0 Å². The van der Waals surface area contributed by atoms with Gasteiger partial charge in [-0.1, -0.05) is 157 Å². The molecule has 0 spiro atoms. The summed E-state index contributed by atoms with van der Waals surface area (Å²) in [5, 5.41) is 2.56. The van der Waals surface area contributed by atoms with Crippen molar-refractivity contribution < 1.29 is 0 Å². The molecule has 0 radical (unpaired) electrons. The lowest BCUT2D eigenvalue weighted by atomic mass is 9.33. The highest BCUT2D eigenvalue weighted by Crippen LogP contribution is 2.52. The van der Waals surface area contributed by atoms with E-state index in [0.717, 1.165) is 34.1 Å². The zero-order valence-corrected chi connectivity index (χ0v) is 37.1. The molecule has 4 aliphatic rings. The van der Waals surface area contributed by atoms with Crippen molar-refractivity contribution in [1.82, 2.24) is 4.57 Å². The van der Waals surface area contributed by atoms with Crippen molar-refractivity contribution in [2.75, 3.05) is 14.5 Å². The highest BCUT2D eigenvalue weighted by molar-refractivity contribution is 8.00. The molecule has 5 heterocycles. The highest BCUT2D eigenvalue weighted by atomic mass is 32.2. The molecule has 0 aliphatic carbocycles. The minimum absolute atomic E-state index is 0.0333. The maximum atomic E-state index is 2.84. The lowest BCUT2D eigenvalue weighted by Crippen LogP contribution is -2.74. The molecule has 1 aromatic heterocycles. The molecule has 0 N–H and O–H groups in total. The molecule has 0 bridgehead atoms. The van der Waals surface area contributed by atoms with Crippen LogP contribution in [0, 0.1) is 0 Å². The van der Waals surface area contributed by atoms with E-state index in [0.29, 0.717) is 0 Å². The molecule has 0 saturated heterocycles. The van der Waals surface area contributed by atoms with Gasteiger partial charge in [-0.15, -0.1) is 0 Å². The fourth-order valence-corrected chi connectivity index (χ4v) is 13.2. The molecular weight excluding hydrogens is 830 g/mol. The van der Waals surface area contributed by atoms with Crippen LogP contribution in [0.5, 0.6) is 0 Å². The van der Waals surface area contributed by atoms with Gasteiger partial charge in [0.1, 0.15) is 0 Å². The van der Waals surface area contributed by atoms with Crippen molar-refractivity contribution in [3.8, 4) is 27.9 Å². The minimum Gasteiger partial charge on any atom is -0.444 e. The van der Waals surface area contributed by atoms with Crippen LogP contribution in [0.3, 0.4) is 0 Å². The monoisotopic (exact) mass is 868 g/mol. The Bertz CT molecular complexity index is 3740. The van der Waals surface area contributed by atoms with Crippen LogP contribution in [-0.2, 0) is 0 Å². The second-order valence-electron chi connectivity index (χ2n) is 18.0. The van der Waals surface area contributed by atoms with E-state index in [2.05, 4.69) is 250 Å². The number of hydrogen-bond donors (Lipinski definition) is 0. The summed E-state index contributed by atoms with van der Waals surface area (Å²) in [6, 6.07) is 85.5. The number of fused-ring (bicyclic) bond motifs is 11. The molecule has 11 aromatic rings. The third kappa shape index (κ3) is 5.23. The van der Waals surface area contributed by atoms with Gasteiger partial charge in [0.2, 0.25) is 0 Å². The van der Waals surface area contributed by atoms with E-state index in [-0.39, 0.29) is 13.7 Å². The number of para-hydroxylation sites is 7. The molecule has 10 aromatic carbocycles. The van der Waals surface area contributed by atoms with Crippen LogP contribution in [0.15, 0.2) is 240 Å². The topological polar surface area (TPSA) is 14.7 Å². The molecule has 0 amide bonds. The average Bonchev–Trinajstić information content (AvgIpc) is 3.73. The first-order valence-corrected chi connectivity index (χ1v) is 24.0. The maximum Gasteiger partial charge on any atom is 0.316 e. The third-order valence-corrected chi connectivity index (χ3v) is 15.7.